The van der Waals surface area contributed by atoms with Crippen LogP contribution in [0, 0.1) is 6.07 Å². The Morgan fingerprint density at radius 2 is 1.50 bits per heavy atom. The van der Waals surface area contributed by atoms with E-state index in [1.54, 1.807) is 10.6 Å². The van der Waals surface area contributed by atoms with Crippen LogP contribution in [-0.4, -0.2) is 26.7 Å². The van der Waals surface area contributed by atoms with Gasteiger partial charge in [-0.15, -0.1) is 0 Å². The zero-order valence-corrected chi connectivity index (χ0v) is 13.1. The van der Waals surface area contributed by atoms with Gasteiger partial charge in [-0.25, -0.2) is 0 Å². The molecule has 0 saturated heterocycles. The second-order valence-electron chi connectivity index (χ2n) is 2.83. The molecular formula is C10H17P4. The van der Waals surface area contributed by atoms with Crippen LogP contribution in [0.25, 0.3) is 0 Å². The maximum absolute atomic E-state index is 3.46. The summed E-state index contributed by atoms with van der Waals surface area (Å²) in [7, 11) is 3.67. The Balaban J connectivity index is 3.28. The summed E-state index contributed by atoms with van der Waals surface area (Å²) in [5.41, 5.74) is 0. The van der Waals surface area contributed by atoms with Gasteiger partial charge in [-0.1, -0.05) is 34.3 Å². The van der Waals surface area contributed by atoms with Crippen LogP contribution in [0.15, 0.2) is 6.07 Å². The third kappa shape index (κ3) is 2.74. The minimum absolute atomic E-state index is 0.892. The molecule has 1 aromatic carbocycles. The second kappa shape index (κ2) is 6.51. The van der Waals surface area contributed by atoms with Crippen molar-refractivity contribution in [2.75, 3.05) is 26.7 Å². The molecule has 1 aromatic rings. The Hall–Kier alpha value is 0.940. The molecule has 0 nitrogen and oxygen atoms in total. The number of hydrogen-bond acceptors (Lipinski definition) is 0. The summed E-state index contributed by atoms with van der Waals surface area (Å²) in [6, 6.07) is 5.68. The molecule has 77 valence electrons. The molecule has 4 unspecified atom stereocenters. The van der Waals surface area contributed by atoms with E-state index < -0.39 is 0 Å². The summed E-state index contributed by atoms with van der Waals surface area (Å²) in [6.07, 6.45) is 0. The van der Waals surface area contributed by atoms with Crippen LogP contribution in [0.1, 0.15) is 0 Å². The summed E-state index contributed by atoms with van der Waals surface area (Å²) in [4.78, 5) is 0. The van der Waals surface area contributed by atoms with Gasteiger partial charge in [0.25, 0.3) is 0 Å². The monoisotopic (exact) mass is 261 g/mol. The van der Waals surface area contributed by atoms with Gasteiger partial charge in [-0.3, -0.25) is 0 Å². The van der Waals surface area contributed by atoms with E-state index in [4.69, 9.17) is 0 Å². The topological polar surface area (TPSA) is 0 Å². The highest BCUT2D eigenvalue weighted by Gasteiger charge is 2.08. The Bertz CT molecular complexity index is 278. The molecule has 0 heterocycles. The SMILES string of the molecule is CPc1[c]cc(PC)c(PC)c1PC. The third-order valence-electron chi connectivity index (χ3n) is 2.15. The highest BCUT2D eigenvalue weighted by atomic mass is 31.1. The van der Waals surface area contributed by atoms with Crippen molar-refractivity contribution in [2.24, 2.45) is 0 Å². The standard InChI is InChI=1S/C10H17P4/c1-11-7-5-6-8(12-2)10(14-4)9(7)13-3/h5,11-14H,1-4H3. The Labute approximate surface area is 94.6 Å². The molecule has 0 saturated carbocycles. The predicted octanol–water partition coefficient (Wildman–Crippen LogP) is 1.22. The predicted molar refractivity (Wildman–Crippen MR) is 80.8 cm³/mol. The molecular weight excluding hydrogens is 244 g/mol. The number of rotatable bonds is 4. The summed E-state index contributed by atoms with van der Waals surface area (Å²) >= 11 is 0. The fraction of sp³-hybridized carbons (Fsp3) is 0.400. The van der Waals surface area contributed by atoms with Crippen LogP contribution >= 0.6 is 34.3 Å². The van der Waals surface area contributed by atoms with Crippen LogP contribution in [0.3, 0.4) is 0 Å². The fourth-order valence-electron chi connectivity index (χ4n) is 1.45. The van der Waals surface area contributed by atoms with Crippen molar-refractivity contribution in [1.29, 1.82) is 0 Å². The lowest BCUT2D eigenvalue weighted by molar-refractivity contribution is 1.93. The number of hydrogen-bond donors (Lipinski definition) is 0. The largest absolute Gasteiger partial charge is 0.0929 e. The maximum atomic E-state index is 3.46. The first-order valence-electron chi connectivity index (χ1n) is 4.58. The molecule has 0 amide bonds. The Morgan fingerprint density at radius 1 is 0.857 bits per heavy atom. The minimum atomic E-state index is 0.892. The molecule has 0 aliphatic heterocycles. The first-order valence-corrected chi connectivity index (χ1v) is 10.6. The Morgan fingerprint density at radius 3 is 1.93 bits per heavy atom. The first-order chi connectivity index (χ1) is 6.78. The molecule has 4 heteroatoms. The van der Waals surface area contributed by atoms with Gasteiger partial charge in [0.15, 0.2) is 0 Å². The van der Waals surface area contributed by atoms with Gasteiger partial charge in [0.2, 0.25) is 0 Å². The van der Waals surface area contributed by atoms with Gasteiger partial charge < -0.3 is 0 Å². The average Bonchev–Trinajstić information content (AvgIpc) is 2.26. The van der Waals surface area contributed by atoms with Crippen molar-refractivity contribution in [3.63, 3.8) is 0 Å². The zero-order chi connectivity index (χ0) is 10.6. The van der Waals surface area contributed by atoms with Gasteiger partial charge in [0.1, 0.15) is 0 Å². The first kappa shape index (κ1) is 13.0. The third-order valence-corrected chi connectivity index (χ3v) is 6.75. The van der Waals surface area contributed by atoms with Crippen molar-refractivity contribution in [1.82, 2.24) is 0 Å². The lowest BCUT2D eigenvalue weighted by atomic mass is 10.3. The van der Waals surface area contributed by atoms with Crippen molar-refractivity contribution in [3.05, 3.63) is 12.1 Å². The van der Waals surface area contributed by atoms with Crippen LogP contribution in [0.2, 0.25) is 0 Å². The average molecular weight is 261 g/mol. The molecule has 0 aliphatic rings. The molecule has 0 spiro atoms. The van der Waals surface area contributed by atoms with E-state index in [1.165, 1.54) is 10.6 Å². The van der Waals surface area contributed by atoms with E-state index in [1.807, 2.05) is 0 Å². The Kier molecular flexibility index (Phi) is 6.05. The van der Waals surface area contributed by atoms with Crippen molar-refractivity contribution in [2.45, 2.75) is 0 Å². The van der Waals surface area contributed by atoms with E-state index >= 15 is 0 Å². The van der Waals surface area contributed by atoms with Crippen molar-refractivity contribution < 1.29 is 0 Å². The highest BCUT2D eigenvalue weighted by Crippen LogP contribution is 2.15. The molecule has 1 rings (SSSR count). The molecule has 0 N–H and O–H groups in total. The quantitative estimate of drug-likeness (QED) is 0.715. The normalized spacial score (nSPS) is 14.0. The van der Waals surface area contributed by atoms with Crippen LogP contribution in [-0.2, 0) is 0 Å². The smallest absolute Gasteiger partial charge is 0.00899 e. The summed E-state index contributed by atoms with van der Waals surface area (Å²) < 4.78 is 0. The van der Waals surface area contributed by atoms with Gasteiger partial charge in [-0.05, 0) is 60.0 Å². The molecule has 4 atom stereocenters. The van der Waals surface area contributed by atoms with Gasteiger partial charge in [-0.2, -0.15) is 0 Å². The summed E-state index contributed by atoms with van der Waals surface area (Å²) in [6.45, 7) is 9.11. The maximum Gasteiger partial charge on any atom is -0.00899 e. The summed E-state index contributed by atoms with van der Waals surface area (Å²) in [5, 5.41) is 6.25. The molecule has 0 aliphatic carbocycles. The van der Waals surface area contributed by atoms with E-state index in [2.05, 4.69) is 38.8 Å². The van der Waals surface area contributed by atoms with Crippen LogP contribution < -0.4 is 21.2 Å². The molecule has 0 bridgehead atoms. The number of benzene rings is 1. The summed E-state index contributed by atoms with van der Waals surface area (Å²) in [5.74, 6) is 0. The highest BCUT2D eigenvalue weighted by molar-refractivity contribution is 7.59. The van der Waals surface area contributed by atoms with E-state index in [0.29, 0.717) is 0 Å². The molecule has 14 heavy (non-hydrogen) atoms. The van der Waals surface area contributed by atoms with E-state index in [-0.39, 0.29) is 0 Å². The van der Waals surface area contributed by atoms with Gasteiger partial charge in [0.05, 0.1) is 0 Å². The van der Waals surface area contributed by atoms with Crippen LogP contribution in [0.5, 0.6) is 0 Å². The molecule has 0 aromatic heterocycles. The van der Waals surface area contributed by atoms with Crippen molar-refractivity contribution in [3.8, 4) is 0 Å². The second-order valence-corrected chi connectivity index (χ2v) is 6.87. The fourth-order valence-corrected chi connectivity index (χ4v) is 6.56. The molecule has 1 radical (unpaired) electrons. The zero-order valence-electron chi connectivity index (χ0n) is 9.08. The van der Waals surface area contributed by atoms with Crippen molar-refractivity contribution >= 4 is 55.5 Å². The lowest BCUT2D eigenvalue weighted by Crippen LogP contribution is -2.36. The van der Waals surface area contributed by atoms with Gasteiger partial charge >= 0.3 is 0 Å². The minimum Gasteiger partial charge on any atom is -0.0929 e. The van der Waals surface area contributed by atoms with Crippen LogP contribution in [0.4, 0.5) is 0 Å². The van der Waals surface area contributed by atoms with E-state index in [0.717, 1.165) is 34.3 Å². The van der Waals surface area contributed by atoms with Gasteiger partial charge in [0, 0.05) is 0 Å². The lowest BCUT2D eigenvalue weighted by Gasteiger charge is -2.14. The molecule has 0 fully saturated rings. The van der Waals surface area contributed by atoms with E-state index in [9.17, 15) is 0 Å².